The van der Waals surface area contributed by atoms with E-state index >= 15 is 0 Å². The number of aromatic amines is 1. The summed E-state index contributed by atoms with van der Waals surface area (Å²) in [6, 6.07) is 4.00. The number of benzene rings is 1. The first-order valence-electron chi connectivity index (χ1n) is 9.21. The summed E-state index contributed by atoms with van der Waals surface area (Å²) in [4.78, 5) is 32.3. The number of carbonyl (C=O) groups excluding carboxylic acids is 2. The highest BCUT2D eigenvalue weighted by Crippen LogP contribution is 2.28. The predicted octanol–water partition coefficient (Wildman–Crippen LogP) is 4.10. The van der Waals surface area contributed by atoms with Crippen molar-refractivity contribution in [3.63, 3.8) is 0 Å². The van der Waals surface area contributed by atoms with Gasteiger partial charge in [0.25, 0.3) is 0 Å². The Morgan fingerprint density at radius 2 is 2.00 bits per heavy atom. The van der Waals surface area contributed by atoms with Gasteiger partial charge in [-0.05, 0) is 23.8 Å². The lowest BCUT2D eigenvalue weighted by Crippen LogP contribution is -2.06. The molecule has 10 heteroatoms. The van der Waals surface area contributed by atoms with Crippen molar-refractivity contribution < 1.29 is 14.0 Å². The summed E-state index contributed by atoms with van der Waals surface area (Å²) in [5, 5.41) is 4.00. The summed E-state index contributed by atoms with van der Waals surface area (Å²) in [5.74, 6) is -0.967. The first-order chi connectivity index (χ1) is 14.8. The first-order valence-corrected chi connectivity index (χ1v) is 9.96. The van der Waals surface area contributed by atoms with Gasteiger partial charge in [-0.3, -0.25) is 14.3 Å². The summed E-state index contributed by atoms with van der Waals surface area (Å²) in [6.45, 7) is 0.477. The number of aromatic nitrogens is 5. The molecular formula is C21H16Cl2FN5O2. The second-order valence-electron chi connectivity index (χ2n) is 6.95. The Morgan fingerprint density at radius 3 is 2.74 bits per heavy atom. The number of imidazole rings is 1. The number of carbonyl (C=O) groups is 2. The SMILES string of the molecule is Cn1ccnc1Cn1cc(CC(=O)c2cc(C(=O)c3c(Cl)ccc(Cl)c3F)c[nH]2)cn1. The molecule has 3 heterocycles. The molecule has 4 aromatic rings. The normalized spacial score (nSPS) is 11.1. The molecule has 0 spiro atoms. The fourth-order valence-electron chi connectivity index (χ4n) is 3.12. The lowest BCUT2D eigenvalue weighted by molar-refractivity contribution is 0.0988. The van der Waals surface area contributed by atoms with Gasteiger partial charge in [0.15, 0.2) is 17.4 Å². The van der Waals surface area contributed by atoms with Gasteiger partial charge in [0.2, 0.25) is 0 Å². The summed E-state index contributed by atoms with van der Waals surface area (Å²) < 4.78 is 17.9. The van der Waals surface area contributed by atoms with Crippen LogP contribution in [0.25, 0.3) is 0 Å². The van der Waals surface area contributed by atoms with E-state index in [1.54, 1.807) is 23.3 Å². The van der Waals surface area contributed by atoms with Crippen molar-refractivity contribution in [1.82, 2.24) is 24.3 Å². The zero-order chi connectivity index (χ0) is 22.1. The molecule has 1 N–H and O–H groups in total. The molecule has 0 saturated heterocycles. The average Bonchev–Trinajstić information content (AvgIpc) is 3.48. The molecule has 7 nitrogen and oxygen atoms in total. The van der Waals surface area contributed by atoms with Crippen molar-refractivity contribution in [3.05, 3.63) is 93.3 Å². The lowest BCUT2D eigenvalue weighted by atomic mass is 10.0. The molecule has 0 saturated carbocycles. The van der Waals surface area contributed by atoms with E-state index < -0.39 is 11.6 Å². The Kier molecular flexibility index (Phi) is 5.75. The van der Waals surface area contributed by atoms with Crippen LogP contribution in [-0.4, -0.2) is 35.9 Å². The van der Waals surface area contributed by atoms with Crippen LogP contribution in [-0.2, 0) is 20.0 Å². The van der Waals surface area contributed by atoms with Gasteiger partial charge in [-0.2, -0.15) is 5.10 Å². The third-order valence-corrected chi connectivity index (χ3v) is 5.40. The highest BCUT2D eigenvalue weighted by atomic mass is 35.5. The molecule has 0 atom stereocenters. The molecule has 0 fully saturated rings. The number of rotatable bonds is 7. The summed E-state index contributed by atoms with van der Waals surface area (Å²) in [7, 11) is 1.89. The summed E-state index contributed by atoms with van der Waals surface area (Å²) >= 11 is 11.7. The Labute approximate surface area is 186 Å². The number of ketones is 2. The average molecular weight is 460 g/mol. The number of halogens is 3. The van der Waals surface area contributed by atoms with Crippen LogP contribution in [0.15, 0.2) is 49.2 Å². The zero-order valence-electron chi connectivity index (χ0n) is 16.3. The maximum absolute atomic E-state index is 14.3. The number of H-pyrrole nitrogens is 1. The smallest absolute Gasteiger partial charge is 0.199 e. The maximum Gasteiger partial charge on any atom is 0.199 e. The third-order valence-electron chi connectivity index (χ3n) is 4.79. The minimum absolute atomic E-state index is 0.0545. The number of aryl methyl sites for hydroxylation is 1. The highest BCUT2D eigenvalue weighted by molar-refractivity contribution is 6.37. The second-order valence-corrected chi connectivity index (χ2v) is 7.76. The minimum Gasteiger partial charge on any atom is -0.358 e. The van der Waals surface area contributed by atoms with E-state index in [-0.39, 0.29) is 39.1 Å². The molecular weight excluding hydrogens is 444 g/mol. The van der Waals surface area contributed by atoms with Crippen LogP contribution in [0.4, 0.5) is 4.39 Å². The Hall–Kier alpha value is -3.23. The lowest BCUT2D eigenvalue weighted by Gasteiger charge is -2.05. The number of hydrogen-bond donors (Lipinski definition) is 1. The van der Waals surface area contributed by atoms with Crippen molar-refractivity contribution in [2.75, 3.05) is 0 Å². The van der Waals surface area contributed by atoms with Crippen LogP contribution in [0.3, 0.4) is 0 Å². The van der Waals surface area contributed by atoms with Gasteiger partial charge < -0.3 is 9.55 Å². The first kappa shape index (κ1) is 21.0. The van der Waals surface area contributed by atoms with Gasteiger partial charge in [-0.25, -0.2) is 9.37 Å². The van der Waals surface area contributed by atoms with Crippen molar-refractivity contribution >= 4 is 34.8 Å². The van der Waals surface area contributed by atoms with Gasteiger partial charge in [-0.1, -0.05) is 23.2 Å². The molecule has 0 amide bonds. The molecule has 158 valence electrons. The minimum atomic E-state index is -0.895. The van der Waals surface area contributed by atoms with Gasteiger partial charge in [0.05, 0.1) is 34.0 Å². The van der Waals surface area contributed by atoms with E-state index in [4.69, 9.17) is 23.2 Å². The van der Waals surface area contributed by atoms with Crippen molar-refractivity contribution in [2.24, 2.45) is 7.05 Å². The number of Topliss-reactive ketones (excluding diaryl/α,β-unsaturated/α-hetero) is 1. The van der Waals surface area contributed by atoms with Crippen LogP contribution in [0.1, 0.15) is 37.8 Å². The van der Waals surface area contributed by atoms with Crippen LogP contribution in [0.5, 0.6) is 0 Å². The molecule has 0 unspecified atom stereocenters. The van der Waals surface area contributed by atoms with Crippen LogP contribution >= 0.6 is 23.2 Å². The molecule has 1 aromatic carbocycles. The molecule has 0 bridgehead atoms. The molecule has 31 heavy (non-hydrogen) atoms. The van der Waals surface area contributed by atoms with Crippen LogP contribution in [0, 0.1) is 5.82 Å². The molecule has 0 aliphatic carbocycles. The van der Waals surface area contributed by atoms with Crippen molar-refractivity contribution in [3.8, 4) is 0 Å². The van der Waals surface area contributed by atoms with E-state index in [9.17, 15) is 14.0 Å². The zero-order valence-corrected chi connectivity index (χ0v) is 17.8. The third kappa shape index (κ3) is 4.30. The maximum atomic E-state index is 14.3. The number of nitrogens with one attached hydrogen (secondary N) is 1. The fraction of sp³-hybridized carbons (Fsp3) is 0.143. The molecule has 0 aliphatic heterocycles. The molecule has 3 aromatic heterocycles. The highest BCUT2D eigenvalue weighted by Gasteiger charge is 2.22. The van der Waals surface area contributed by atoms with E-state index in [1.807, 2.05) is 17.8 Å². The summed E-state index contributed by atoms with van der Waals surface area (Å²) in [6.07, 6.45) is 8.35. The Morgan fingerprint density at radius 1 is 1.23 bits per heavy atom. The van der Waals surface area contributed by atoms with Crippen LogP contribution < -0.4 is 0 Å². The van der Waals surface area contributed by atoms with Gasteiger partial charge in [0.1, 0.15) is 5.82 Å². The van der Waals surface area contributed by atoms with Crippen molar-refractivity contribution in [2.45, 2.75) is 13.0 Å². The van der Waals surface area contributed by atoms with E-state index in [1.165, 1.54) is 24.4 Å². The number of nitrogens with zero attached hydrogens (tertiary/aromatic N) is 4. The fourth-order valence-corrected chi connectivity index (χ4v) is 3.51. The van der Waals surface area contributed by atoms with Gasteiger partial charge in [-0.15, -0.1) is 0 Å². The van der Waals surface area contributed by atoms with Crippen LogP contribution in [0.2, 0.25) is 10.0 Å². The van der Waals surface area contributed by atoms with Gasteiger partial charge >= 0.3 is 0 Å². The molecule has 4 rings (SSSR count). The molecule has 0 aliphatic rings. The summed E-state index contributed by atoms with van der Waals surface area (Å²) in [5.41, 5.74) is 0.712. The van der Waals surface area contributed by atoms with E-state index in [0.29, 0.717) is 12.1 Å². The van der Waals surface area contributed by atoms with Gasteiger partial charge in [0, 0.05) is 43.8 Å². The van der Waals surface area contributed by atoms with E-state index in [0.717, 1.165) is 5.82 Å². The monoisotopic (exact) mass is 459 g/mol. The second kappa shape index (κ2) is 8.49. The Bertz CT molecular complexity index is 1290. The standard InChI is InChI=1S/C21H16Cl2FN5O2/c1-28-5-4-25-18(28)11-29-10-12(8-27-29)6-17(30)16-7-13(9-26-16)21(31)19-14(22)2-3-15(23)20(19)24/h2-5,7-10,26H,6,11H2,1H3. The quantitative estimate of drug-likeness (QED) is 0.333. The Balaban J connectivity index is 1.47. The number of hydrogen-bond acceptors (Lipinski definition) is 4. The topological polar surface area (TPSA) is 85.6 Å². The van der Waals surface area contributed by atoms with E-state index in [2.05, 4.69) is 15.1 Å². The molecule has 0 radical (unpaired) electrons. The van der Waals surface area contributed by atoms with Crippen molar-refractivity contribution in [1.29, 1.82) is 0 Å². The predicted molar refractivity (Wildman–Crippen MR) is 113 cm³/mol. The largest absolute Gasteiger partial charge is 0.358 e.